The number of hydrogen-bond acceptors (Lipinski definition) is 9. The van der Waals surface area contributed by atoms with Crippen LogP contribution in [0.25, 0.3) is 0 Å². The molecule has 2 fully saturated rings. The molecule has 36 heavy (non-hydrogen) atoms. The normalized spacial score (nSPS) is 26.5. The maximum absolute atomic E-state index is 12.6. The number of amides is 2. The summed E-state index contributed by atoms with van der Waals surface area (Å²) in [5.41, 5.74) is 7.35. The van der Waals surface area contributed by atoms with Crippen LogP contribution in [0, 0.1) is 5.92 Å². The Morgan fingerprint density at radius 3 is 2.53 bits per heavy atom. The van der Waals surface area contributed by atoms with E-state index in [4.69, 9.17) is 26.8 Å². The summed E-state index contributed by atoms with van der Waals surface area (Å²) in [7, 11) is 2.04. The van der Waals surface area contributed by atoms with Crippen LogP contribution in [0.1, 0.15) is 47.4 Å². The van der Waals surface area contributed by atoms with E-state index in [-0.39, 0.29) is 41.1 Å². The first-order valence-corrected chi connectivity index (χ1v) is 12.5. The molecule has 3 heterocycles. The van der Waals surface area contributed by atoms with Crippen LogP contribution in [0.15, 0.2) is 30.6 Å². The fraction of sp³-hybridized carbons (Fsp3) is 0.520. The molecule has 2 aliphatic heterocycles. The van der Waals surface area contributed by atoms with Gasteiger partial charge in [-0.15, -0.1) is 0 Å². The topological polar surface area (TPSA) is 123 Å². The number of anilines is 2. The highest BCUT2D eigenvalue weighted by molar-refractivity contribution is 6.32. The van der Waals surface area contributed by atoms with Crippen LogP contribution in [0.4, 0.5) is 11.5 Å². The monoisotopic (exact) mass is 514 g/mol. The van der Waals surface area contributed by atoms with Crippen LogP contribution in [0.2, 0.25) is 5.15 Å². The second-order valence-corrected chi connectivity index (χ2v) is 10.5. The maximum atomic E-state index is 12.6. The molecule has 0 radical (unpaired) electrons. The van der Waals surface area contributed by atoms with Crippen LogP contribution < -0.4 is 11.1 Å². The summed E-state index contributed by atoms with van der Waals surface area (Å²) in [5, 5.41) is 3.60. The highest BCUT2D eigenvalue weighted by Crippen LogP contribution is 2.43. The van der Waals surface area contributed by atoms with E-state index in [1.807, 2.05) is 20.9 Å². The van der Waals surface area contributed by atoms with E-state index in [1.165, 1.54) is 11.2 Å². The van der Waals surface area contributed by atoms with Gasteiger partial charge in [-0.25, -0.2) is 9.97 Å². The summed E-state index contributed by atoms with van der Waals surface area (Å²) < 4.78 is 12.5. The number of carbonyl (C=O) groups excluding carboxylic acids is 2. The molecule has 3 aliphatic rings. The summed E-state index contributed by atoms with van der Waals surface area (Å²) in [6.07, 6.45) is 2.61. The zero-order valence-electron chi connectivity index (χ0n) is 20.6. The van der Waals surface area contributed by atoms with E-state index in [9.17, 15) is 9.59 Å². The summed E-state index contributed by atoms with van der Waals surface area (Å²) in [6, 6.07) is 6.92. The average Bonchev–Trinajstić information content (AvgIpc) is 3.40. The Morgan fingerprint density at radius 1 is 1.17 bits per heavy atom. The smallest absolute Gasteiger partial charge is 0.261 e. The minimum Gasteiger partial charge on any atom is -0.393 e. The number of imide groups is 1. The summed E-state index contributed by atoms with van der Waals surface area (Å²) in [6.45, 7) is 5.74. The quantitative estimate of drug-likeness (QED) is 0.404. The summed E-state index contributed by atoms with van der Waals surface area (Å²) in [4.78, 5) is 36.9. The Balaban J connectivity index is 1.18. The maximum Gasteiger partial charge on any atom is 0.261 e. The van der Waals surface area contributed by atoms with Crippen molar-refractivity contribution in [1.29, 1.82) is 0 Å². The Labute approximate surface area is 215 Å². The van der Waals surface area contributed by atoms with Crippen LogP contribution in [0.3, 0.4) is 0 Å². The second-order valence-electron chi connectivity index (χ2n) is 10.2. The Hall–Kier alpha value is -2.79. The SMILES string of the molecule is CN(CCCN1C(=O)c2ccccc2C1=O)C[C@@H]1C[C@@H](Nc2ncnc(Cl)c2N)[C@@H]2OC(C)(C)O[C@H]12. The van der Waals surface area contributed by atoms with Gasteiger partial charge in [-0.3, -0.25) is 14.5 Å². The molecule has 11 heteroatoms. The van der Waals surface area contributed by atoms with Crippen molar-refractivity contribution in [3.05, 3.63) is 46.9 Å². The number of fused-ring (bicyclic) bond motifs is 2. The minimum atomic E-state index is -0.688. The number of nitrogens with two attached hydrogens (primary N) is 1. The minimum absolute atomic E-state index is 0.0539. The molecule has 0 spiro atoms. The number of nitrogen functional groups attached to an aromatic ring is 1. The fourth-order valence-corrected chi connectivity index (χ4v) is 5.64. The van der Waals surface area contributed by atoms with Gasteiger partial charge in [-0.05, 0) is 52.4 Å². The predicted octanol–water partition coefficient (Wildman–Crippen LogP) is 2.65. The summed E-state index contributed by atoms with van der Waals surface area (Å²) >= 11 is 6.07. The lowest BCUT2D eigenvalue weighted by Crippen LogP contribution is -2.36. The molecule has 0 unspecified atom stereocenters. The molecule has 4 atom stereocenters. The van der Waals surface area contributed by atoms with Crippen LogP contribution >= 0.6 is 11.6 Å². The molecule has 5 rings (SSSR count). The van der Waals surface area contributed by atoms with Gasteiger partial charge in [0.1, 0.15) is 18.1 Å². The van der Waals surface area contributed by atoms with E-state index >= 15 is 0 Å². The second kappa shape index (κ2) is 9.59. The van der Waals surface area contributed by atoms with Crippen molar-refractivity contribution in [2.45, 2.75) is 50.7 Å². The van der Waals surface area contributed by atoms with Crippen molar-refractivity contribution in [3.8, 4) is 0 Å². The van der Waals surface area contributed by atoms with Gasteiger partial charge in [-0.1, -0.05) is 23.7 Å². The predicted molar refractivity (Wildman–Crippen MR) is 135 cm³/mol. The average molecular weight is 515 g/mol. The van der Waals surface area contributed by atoms with Crippen LogP contribution in [0.5, 0.6) is 0 Å². The summed E-state index contributed by atoms with van der Waals surface area (Å²) in [5.74, 6) is -0.422. The van der Waals surface area contributed by atoms with Gasteiger partial charge >= 0.3 is 0 Å². The number of halogens is 1. The first-order chi connectivity index (χ1) is 17.1. The molecule has 2 amide bonds. The molecular formula is C25H31ClN6O4. The third kappa shape index (κ3) is 4.66. The van der Waals surface area contributed by atoms with Gasteiger partial charge in [0, 0.05) is 19.0 Å². The third-order valence-electron chi connectivity index (χ3n) is 7.08. The molecule has 3 N–H and O–H groups in total. The largest absolute Gasteiger partial charge is 0.393 e. The lowest BCUT2D eigenvalue weighted by atomic mass is 10.0. The molecule has 1 saturated carbocycles. The zero-order chi connectivity index (χ0) is 25.6. The number of benzene rings is 1. The molecule has 1 aliphatic carbocycles. The highest BCUT2D eigenvalue weighted by atomic mass is 35.5. The standard InChI is InChI=1S/C25H31ClN6O4/c1-25(2)35-19-14(11-17(20(19)36-25)30-22-18(27)21(26)28-13-29-22)12-31(3)9-6-10-32-23(33)15-7-4-5-8-16(15)24(32)34/h4-5,7-8,13-14,17,19-20H,6,9-12,27H2,1-3H3,(H,28,29,30)/t14-,17+,19+,20-/m0/s1. The Kier molecular flexibility index (Phi) is 6.63. The van der Waals surface area contributed by atoms with Gasteiger partial charge in [0.05, 0.1) is 23.3 Å². The number of hydrogen-bond donors (Lipinski definition) is 2. The number of nitrogens with one attached hydrogen (secondary N) is 1. The first-order valence-electron chi connectivity index (χ1n) is 12.2. The van der Waals surface area contributed by atoms with Crippen molar-refractivity contribution >= 4 is 34.9 Å². The molecule has 1 aromatic carbocycles. The molecule has 2 aromatic rings. The van der Waals surface area contributed by atoms with Gasteiger partial charge < -0.3 is 25.4 Å². The molecule has 1 aromatic heterocycles. The van der Waals surface area contributed by atoms with E-state index in [0.29, 0.717) is 35.6 Å². The number of nitrogens with zero attached hydrogens (tertiary/aromatic N) is 4. The molecule has 10 nitrogen and oxygen atoms in total. The van der Waals surface area contributed by atoms with Crippen molar-refractivity contribution in [1.82, 2.24) is 19.8 Å². The van der Waals surface area contributed by atoms with Crippen molar-refractivity contribution in [2.24, 2.45) is 5.92 Å². The fourth-order valence-electron chi connectivity index (χ4n) is 5.50. The van der Waals surface area contributed by atoms with Crippen LogP contribution in [-0.4, -0.2) is 82.3 Å². The van der Waals surface area contributed by atoms with Crippen molar-refractivity contribution in [2.75, 3.05) is 37.7 Å². The molecule has 192 valence electrons. The van der Waals surface area contributed by atoms with Crippen molar-refractivity contribution in [3.63, 3.8) is 0 Å². The van der Waals surface area contributed by atoms with E-state index in [0.717, 1.165) is 19.5 Å². The van der Waals surface area contributed by atoms with Gasteiger partial charge in [0.25, 0.3) is 11.8 Å². The van der Waals surface area contributed by atoms with E-state index < -0.39 is 5.79 Å². The number of carbonyl (C=O) groups is 2. The van der Waals surface area contributed by atoms with Crippen molar-refractivity contribution < 1.29 is 19.1 Å². The van der Waals surface area contributed by atoms with Gasteiger partial charge in [0.2, 0.25) is 0 Å². The number of rotatable bonds is 8. The van der Waals surface area contributed by atoms with E-state index in [1.54, 1.807) is 24.3 Å². The van der Waals surface area contributed by atoms with Gasteiger partial charge in [-0.2, -0.15) is 0 Å². The van der Waals surface area contributed by atoms with E-state index in [2.05, 4.69) is 20.2 Å². The van der Waals surface area contributed by atoms with Gasteiger partial charge in [0.15, 0.2) is 16.8 Å². The third-order valence-corrected chi connectivity index (χ3v) is 7.39. The lowest BCUT2D eigenvalue weighted by molar-refractivity contribution is -0.157. The lowest BCUT2D eigenvalue weighted by Gasteiger charge is -2.27. The Bertz CT molecular complexity index is 1140. The molecule has 1 saturated heterocycles. The zero-order valence-corrected chi connectivity index (χ0v) is 21.4. The highest BCUT2D eigenvalue weighted by Gasteiger charge is 2.54. The number of ether oxygens (including phenoxy) is 2. The molecule has 0 bridgehead atoms. The van der Waals surface area contributed by atoms with Crippen LogP contribution in [-0.2, 0) is 9.47 Å². The molecular weight excluding hydrogens is 484 g/mol. The number of aromatic nitrogens is 2. The first kappa shape index (κ1) is 24.9. The Morgan fingerprint density at radius 2 is 1.83 bits per heavy atom.